The van der Waals surface area contributed by atoms with Crippen molar-refractivity contribution < 1.29 is 17.9 Å². The number of carbonyl (C=O) groups is 1. The van der Waals surface area contributed by atoms with Crippen molar-refractivity contribution in [3.63, 3.8) is 0 Å². The van der Waals surface area contributed by atoms with Crippen LogP contribution in [0.25, 0.3) is 0 Å². The molecule has 0 saturated carbocycles. The van der Waals surface area contributed by atoms with Gasteiger partial charge >= 0.3 is 0 Å². The van der Waals surface area contributed by atoms with Crippen molar-refractivity contribution in [2.45, 2.75) is 37.6 Å². The standard InChI is InChI=1S/C15H23N3O4S.ClH/c1-3-22-13-7-6-12(17-15(19)11(2)16)10-14(13)23(20,21)18-8-4-5-9-18;/h6-7,10-11H,3-5,8-9,16H2,1-2H3,(H,17,19);1H. The van der Waals surface area contributed by atoms with Gasteiger partial charge in [0.2, 0.25) is 15.9 Å². The van der Waals surface area contributed by atoms with Gasteiger partial charge in [-0.2, -0.15) is 4.31 Å². The molecule has 0 bridgehead atoms. The number of benzene rings is 1. The van der Waals surface area contributed by atoms with Crippen LogP contribution in [0.4, 0.5) is 5.69 Å². The van der Waals surface area contributed by atoms with Crippen LogP contribution in [0.15, 0.2) is 23.1 Å². The normalized spacial score (nSPS) is 16.3. The zero-order valence-electron chi connectivity index (χ0n) is 13.8. The molecule has 1 saturated heterocycles. The monoisotopic (exact) mass is 377 g/mol. The fourth-order valence-electron chi connectivity index (χ4n) is 2.39. The van der Waals surface area contributed by atoms with Crippen LogP contribution in [0.5, 0.6) is 5.75 Å². The number of sulfonamides is 1. The smallest absolute Gasteiger partial charge is 0.246 e. The maximum absolute atomic E-state index is 12.8. The van der Waals surface area contributed by atoms with Gasteiger partial charge in [0.15, 0.2) is 0 Å². The molecule has 1 heterocycles. The molecule has 9 heteroatoms. The van der Waals surface area contributed by atoms with Gasteiger partial charge in [0.25, 0.3) is 0 Å². The Morgan fingerprint density at radius 1 is 1.38 bits per heavy atom. The molecule has 1 aliphatic heterocycles. The topological polar surface area (TPSA) is 102 Å². The van der Waals surface area contributed by atoms with Gasteiger partial charge in [-0.3, -0.25) is 4.79 Å². The highest BCUT2D eigenvalue weighted by Gasteiger charge is 2.30. The Hall–Kier alpha value is -1.35. The number of hydrogen-bond acceptors (Lipinski definition) is 5. The Morgan fingerprint density at radius 2 is 2.00 bits per heavy atom. The number of rotatable bonds is 6. The van der Waals surface area contributed by atoms with Gasteiger partial charge in [0.05, 0.1) is 12.6 Å². The van der Waals surface area contributed by atoms with Crippen molar-refractivity contribution in [2.24, 2.45) is 5.73 Å². The molecule has 1 aliphatic rings. The first kappa shape index (κ1) is 20.7. The van der Waals surface area contributed by atoms with Crippen LogP contribution in [-0.4, -0.2) is 44.4 Å². The number of nitrogens with zero attached hydrogens (tertiary/aromatic N) is 1. The predicted octanol–water partition coefficient (Wildman–Crippen LogP) is 1.58. The summed E-state index contributed by atoms with van der Waals surface area (Å²) in [4.78, 5) is 11.8. The summed E-state index contributed by atoms with van der Waals surface area (Å²) >= 11 is 0. The second kappa shape index (κ2) is 8.66. The molecule has 0 spiro atoms. The van der Waals surface area contributed by atoms with Crippen LogP contribution in [-0.2, 0) is 14.8 Å². The fraction of sp³-hybridized carbons (Fsp3) is 0.533. The van der Waals surface area contributed by atoms with Gasteiger partial charge in [-0.05, 0) is 44.9 Å². The van der Waals surface area contributed by atoms with Crippen LogP contribution < -0.4 is 15.8 Å². The minimum absolute atomic E-state index is 0. The van der Waals surface area contributed by atoms with E-state index in [0.29, 0.717) is 25.4 Å². The van der Waals surface area contributed by atoms with Gasteiger partial charge in [-0.15, -0.1) is 12.4 Å². The number of amides is 1. The molecule has 3 N–H and O–H groups in total. The van der Waals surface area contributed by atoms with Crippen LogP contribution in [0.1, 0.15) is 26.7 Å². The third kappa shape index (κ3) is 4.60. The first-order valence-corrected chi connectivity index (χ1v) is 9.13. The van der Waals surface area contributed by atoms with E-state index in [2.05, 4.69) is 5.32 Å². The van der Waals surface area contributed by atoms with Crippen LogP contribution in [0.3, 0.4) is 0 Å². The van der Waals surface area contributed by atoms with E-state index in [1.165, 1.54) is 10.4 Å². The molecule has 1 fully saturated rings. The summed E-state index contributed by atoms with van der Waals surface area (Å²) in [6.07, 6.45) is 1.70. The first-order chi connectivity index (χ1) is 10.9. The summed E-state index contributed by atoms with van der Waals surface area (Å²) in [6.45, 7) is 4.71. The lowest BCUT2D eigenvalue weighted by atomic mass is 10.2. The zero-order valence-corrected chi connectivity index (χ0v) is 15.5. The van der Waals surface area contributed by atoms with E-state index in [1.54, 1.807) is 26.0 Å². The Balaban J connectivity index is 0.00000288. The average Bonchev–Trinajstić information content (AvgIpc) is 3.03. The number of nitrogens with one attached hydrogen (secondary N) is 1. The summed E-state index contributed by atoms with van der Waals surface area (Å²) in [5, 5.41) is 2.61. The molecule has 2 rings (SSSR count). The molecule has 1 aromatic carbocycles. The van der Waals surface area contributed by atoms with Crippen molar-refractivity contribution in [3.8, 4) is 5.75 Å². The predicted molar refractivity (Wildman–Crippen MR) is 95.1 cm³/mol. The Morgan fingerprint density at radius 3 is 2.54 bits per heavy atom. The van der Waals surface area contributed by atoms with Gasteiger partial charge < -0.3 is 15.8 Å². The summed E-state index contributed by atoms with van der Waals surface area (Å²) in [5.74, 6) is -0.0862. The van der Waals surface area contributed by atoms with Crippen LogP contribution in [0, 0.1) is 0 Å². The molecule has 1 aromatic rings. The number of anilines is 1. The van der Waals surface area contributed by atoms with E-state index >= 15 is 0 Å². The fourth-order valence-corrected chi connectivity index (χ4v) is 4.06. The van der Waals surface area contributed by atoms with Crippen LogP contribution in [0.2, 0.25) is 0 Å². The van der Waals surface area contributed by atoms with Crippen LogP contribution >= 0.6 is 12.4 Å². The van der Waals surface area contributed by atoms with Crippen molar-refractivity contribution in [1.82, 2.24) is 4.31 Å². The molecule has 136 valence electrons. The molecule has 0 aliphatic carbocycles. The summed E-state index contributed by atoms with van der Waals surface area (Å²) in [5.41, 5.74) is 5.90. The number of carbonyl (C=O) groups excluding carboxylic acids is 1. The third-order valence-corrected chi connectivity index (χ3v) is 5.53. The van der Waals surface area contributed by atoms with E-state index in [0.717, 1.165) is 12.8 Å². The average molecular weight is 378 g/mol. The van der Waals surface area contributed by atoms with E-state index in [-0.39, 0.29) is 29.0 Å². The molecule has 1 unspecified atom stereocenters. The molecular formula is C15H24ClN3O4S. The lowest BCUT2D eigenvalue weighted by molar-refractivity contribution is -0.117. The summed E-state index contributed by atoms with van der Waals surface area (Å²) in [7, 11) is -3.64. The van der Waals surface area contributed by atoms with Gasteiger partial charge in [-0.1, -0.05) is 0 Å². The molecule has 0 aromatic heterocycles. The minimum Gasteiger partial charge on any atom is -0.492 e. The van der Waals surface area contributed by atoms with E-state index in [9.17, 15) is 13.2 Å². The molecule has 24 heavy (non-hydrogen) atoms. The Bertz CT molecular complexity index is 673. The largest absolute Gasteiger partial charge is 0.492 e. The molecule has 7 nitrogen and oxygen atoms in total. The first-order valence-electron chi connectivity index (χ1n) is 7.69. The molecule has 0 radical (unpaired) electrons. The highest BCUT2D eigenvalue weighted by Crippen LogP contribution is 2.31. The van der Waals surface area contributed by atoms with Gasteiger partial charge in [0.1, 0.15) is 10.6 Å². The van der Waals surface area contributed by atoms with Crippen molar-refractivity contribution in [1.29, 1.82) is 0 Å². The lowest BCUT2D eigenvalue weighted by Gasteiger charge is -2.19. The van der Waals surface area contributed by atoms with Crippen molar-refractivity contribution >= 4 is 34.0 Å². The highest BCUT2D eigenvalue weighted by atomic mass is 35.5. The second-order valence-corrected chi connectivity index (χ2v) is 7.39. The maximum atomic E-state index is 12.8. The Kier molecular flexibility index (Phi) is 7.47. The number of hydrogen-bond donors (Lipinski definition) is 2. The van der Waals surface area contributed by atoms with E-state index < -0.39 is 16.1 Å². The molecule has 1 amide bonds. The summed E-state index contributed by atoms with van der Waals surface area (Å²) in [6, 6.07) is 3.91. The summed E-state index contributed by atoms with van der Waals surface area (Å²) < 4.78 is 32.5. The Labute approximate surface area is 149 Å². The van der Waals surface area contributed by atoms with E-state index in [4.69, 9.17) is 10.5 Å². The third-order valence-electron chi connectivity index (χ3n) is 3.61. The zero-order chi connectivity index (χ0) is 17.0. The number of halogens is 1. The highest BCUT2D eigenvalue weighted by molar-refractivity contribution is 7.89. The quantitative estimate of drug-likeness (QED) is 0.783. The SMILES string of the molecule is CCOc1ccc(NC(=O)C(C)N)cc1S(=O)(=O)N1CCCC1.Cl. The van der Waals surface area contributed by atoms with Gasteiger partial charge in [-0.25, -0.2) is 8.42 Å². The van der Waals surface area contributed by atoms with E-state index in [1.807, 2.05) is 0 Å². The number of ether oxygens (including phenoxy) is 1. The van der Waals surface area contributed by atoms with Crippen molar-refractivity contribution in [3.05, 3.63) is 18.2 Å². The molecule has 1 atom stereocenters. The maximum Gasteiger partial charge on any atom is 0.246 e. The lowest BCUT2D eigenvalue weighted by Crippen LogP contribution is -2.32. The van der Waals surface area contributed by atoms with Gasteiger partial charge in [0, 0.05) is 18.8 Å². The van der Waals surface area contributed by atoms with Crippen molar-refractivity contribution in [2.75, 3.05) is 25.0 Å². The minimum atomic E-state index is -3.64. The number of nitrogens with two attached hydrogens (primary N) is 1. The second-order valence-electron chi connectivity index (χ2n) is 5.48. The molecular weight excluding hydrogens is 354 g/mol.